The Labute approximate surface area is 178 Å². The van der Waals surface area contributed by atoms with Crippen LogP contribution in [0.5, 0.6) is 5.75 Å². The normalized spacial score (nSPS) is 13.1. The summed E-state index contributed by atoms with van der Waals surface area (Å²) in [6.07, 6.45) is 1.74. The van der Waals surface area contributed by atoms with Crippen LogP contribution in [0.2, 0.25) is 0 Å². The summed E-state index contributed by atoms with van der Waals surface area (Å²) in [6, 6.07) is 6.61. The number of hydrogen-bond acceptors (Lipinski definition) is 6. The van der Waals surface area contributed by atoms with E-state index in [1.165, 1.54) is 11.8 Å². The van der Waals surface area contributed by atoms with Gasteiger partial charge in [-0.05, 0) is 38.0 Å². The third-order valence-electron chi connectivity index (χ3n) is 5.08. The van der Waals surface area contributed by atoms with E-state index < -0.39 is 0 Å². The van der Waals surface area contributed by atoms with Crippen molar-refractivity contribution >= 4 is 40.0 Å². The van der Waals surface area contributed by atoms with Crippen molar-refractivity contribution in [2.24, 2.45) is 13.0 Å². The molecule has 1 aromatic carbocycles. The van der Waals surface area contributed by atoms with Crippen molar-refractivity contribution in [2.45, 2.75) is 19.8 Å². The lowest BCUT2D eigenvalue weighted by molar-refractivity contribution is -0.117. The summed E-state index contributed by atoms with van der Waals surface area (Å²) in [7, 11) is 3.10. The molecule has 0 saturated heterocycles. The summed E-state index contributed by atoms with van der Waals surface area (Å²) in [5.41, 5.74) is 1.57. The Balaban J connectivity index is 1.73. The monoisotopic (exact) mass is 424 g/mol. The van der Waals surface area contributed by atoms with Crippen molar-refractivity contribution < 1.29 is 14.3 Å². The molecule has 1 aliphatic rings. The van der Waals surface area contributed by atoms with Crippen LogP contribution in [0.4, 0.5) is 17.2 Å². The molecule has 162 valence electrons. The van der Waals surface area contributed by atoms with Gasteiger partial charge in [-0.2, -0.15) is 0 Å². The number of nitrogens with zero attached hydrogens (tertiary/aromatic N) is 2. The van der Waals surface area contributed by atoms with Crippen LogP contribution in [-0.4, -0.2) is 40.2 Å². The molecule has 2 aromatic heterocycles. The summed E-state index contributed by atoms with van der Waals surface area (Å²) >= 11 is 0. The Morgan fingerprint density at radius 3 is 2.71 bits per heavy atom. The number of nitrogens with one attached hydrogen (secondary N) is 4. The van der Waals surface area contributed by atoms with Crippen LogP contribution in [0.15, 0.2) is 29.1 Å². The van der Waals surface area contributed by atoms with E-state index in [4.69, 9.17) is 4.74 Å². The molecule has 2 heterocycles. The highest BCUT2D eigenvalue weighted by molar-refractivity contribution is 5.99. The molecule has 0 spiro atoms. The molecule has 1 fully saturated rings. The first kappa shape index (κ1) is 20.5. The number of aryl methyl sites for hydroxylation is 1. The van der Waals surface area contributed by atoms with Crippen LogP contribution in [-0.2, 0) is 11.8 Å². The lowest BCUT2D eigenvalue weighted by Crippen LogP contribution is -2.22. The van der Waals surface area contributed by atoms with Gasteiger partial charge in [-0.15, -0.1) is 0 Å². The second-order valence-electron chi connectivity index (χ2n) is 7.42. The molecule has 0 aliphatic heterocycles. The molecule has 0 radical (unpaired) electrons. The molecular formula is C21H24N6O4. The number of hydrogen-bond donors (Lipinski definition) is 4. The van der Waals surface area contributed by atoms with E-state index in [2.05, 4.69) is 26.0 Å². The van der Waals surface area contributed by atoms with E-state index in [0.717, 1.165) is 12.8 Å². The van der Waals surface area contributed by atoms with Gasteiger partial charge >= 0.3 is 0 Å². The molecule has 10 heteroatoms. The van der Waals surface area contributed by atoms with Crippen LogP contribution in [0, 0.1) is 5.92 Å². The van der Waals surface area contributed by atoms with Gasteiger partial charge in [-0.25, -0.2) is 4.98 Å². The minimum absolute atomic E-state index is 0.0191. The van der Waals surface area contributed by atoms with Gasteiger partial charge in [0.05, 0.1) is 18.5 Å². The number of anilines is 3. The Morgan fingerprint density at radius 2 is 2.03 bits per heavy atom. The number of aromatic amines is 1. The predicted octanol–water partition coefficient (Wildman–Crippen LogP) is 2.11. The minimum atomic E-state index is -0.261. The van der Waals surface area contributed by atoms with Crippen molar-refractivity contribution in [3.8, 4) is 5.75 Å². The van der Waals surface area contributed by atoms with Crippen molar-refractivity contribution in [3.05, 3.63) is 40.2 Å². The Morgan fingerprint density at radius 1 is 1.26 bits per heavy atom. The van der Waals surface area contributed by atoms with E-state index in [0.29, 0.717) is 46.1 Å². The van der Waals surface area contributed by atoms with Gasteiger partial charge in [0.15, 0.2) is 5.65 Å². The van der Waals surface area contributed by atoms with Gasteiger partial charge in [-0.3, -0.25) is 24.2 Å². The zero-order valence-electron chi connectivity index (χ0n) is 17.5. The third kappa shape index (κ3) is 4.09. The number of methoxy groups -OCH3 is 1. The third-order valence-corrected chi connectivity index (χ3v) is 5.08. The molecule has 0 bridgehead atoms. The Bertz CT molecular complexity index is 1220. The summed E-state index contributed by atoms with van der Waals surface area (Å²) in [5, 5.41) is 12.0. The highest BCUT2D eigenvalue weighted by Gasteiger charge is 2.30. The topological polar surface area (TPSA) is 130 Å². The number of rotatable bonds is 7. The first-order valence-corrected chi connectivity index (χ1v) is 10.0. The Kier molecular flexibility index (Phi) is 5.37. The van der Waals surface area contributed by atoms with Crippen LogP contribution in [0.3, 0.4) is 0 Å². The number of carbonyl (C=O) groups excluding carboxylic acids is 2. The number of carbonyl (C=O) groups is 2. The second-order valence-corrected chi connectivity index (χ2v) is 7.42. The zero-order chi connectivity index (χ0) is 22.1. The smallest absolute Gasteiger partial charge is 0.277 e. The number of benzene rings is 1. The highest BCUT2D eigenvalue weighted by atomic mass is 16.5. The number of amides is 2. The fourth-order valence-corrected chi connectivity index (χ4v) is 3.30. The van der Waals surface area contributed by atoms with Crippen molar-refractivity contribution in [1.29, 1.82) is 0 Å². The number of pyridine rings is 1. The largest absolute Gasteiger partial charge is 0.495 e. The molecule has 1 aliphatic carbocycles. The SMILES string of the molecule is CCNC(=O)c1ccc(Nc2cc(NC(=O)C3CC3)nc3[nH]n(C)c(=O)c23)c(OC)c1. The number of ether oxygens (including phenoxy) is 1. The molecule has 0 unspecified atom stereocenters. The molecule has 10 nitrogen and oxygen atoms in total. The molecule has 4 N–H and O–H groups in total. The standard InChI is InChI=1S/C21H24N6O4/c1-4-22-19(28)12-7-8-13(15(9-12)31-3)23-14-10-16(25-20(29)11-5-6-11)24-18-17(14)21(30)27(2)26-18/h7-11H,4-6H2,1-3H3,(H,22,28)(H3,23,24,25,26,29). The van der Waals surface area contributed by atoms with Gasteiger partial charge in [0.25, 0.3) is 11.5 Å². The second kappa shape index (κ2) is 8.13. The van der Waals surface area contributed by atoms with Gasteiger partial charge in [0, 0.05) is 31.1 Å². The maximum absolute atomic E-state index is 12.6. The van der Waals surface area contributed by atoms with Crippen LogP contribution < -0.4 is 26.2 Å². The lowest BCUT2D eigenvalue weighted by atomic mass is 10.1. The summed E-state index contributed by atoms with van der Waals surface area (Å²) in [4.78, 5) is 41.3. The zero-order valence-corrected chi connectivity index (χ0v) is 17.5. The average molecular weight is 424 g/mol. The Hall–Kier alpha value is -3.82. The first-order chi connectivity index (χ1) is 14.9. The highest BCUT2D eigenvalue weighted by Crippen LogP contribution is 2.33. The van der Waals surface area contributed by atoms with Crippen molar-refractivity contribution in [2.75, 3.05) is 24.3 Å². The quantitative estimate of drug-likeness (QED) is 0.460. The van der Waals surface area contributed by atoms with Crippen molar-refractivity contribution in [3.63, 3.8) is 0 Å². The van der Waals surface area contributed by atoms with E-state index in [1.807, 2.05) is 6.92 Å². The average Bonchev–Trinajstić information content (AvgIpc) is 3.55. The predicted molar refractivity (Wildman–Crippen MR) is 117 cm³/mol. The van der Waals surface area contributed by atoms with Crippen LogP contribution >= 0.6 is 0 Å². The fraction of sp³-hybridized carbons (Fsp3) is 0.333. The van der Waals surface area contributed by atoms with Crippen molar-refractivity contribution in [1.82, 2.24) is 20.1 Å². The summed E-state index contributed by atoms with van der Waals surface area (Å²) in [5.74, 6) is 0.505. The maximum atomic E-state index is 12.6. The number of fused-ring (bicyclic) bond motifs is 1. The molecule has 2 amide bonds. The van der Waals surface area contributed by atoms with Gasteiger partial charge < -0.3 is 20.7 Å². The van der Waals surface area contributed by atoms with Gasteiger partial charge in [0.2, 0.25) is 5.91 Å². The lowest BCUT2D eigenvalue weighted by Gasteiger charge is -2.14. The van der Waals surface area contributed by atoms with Crippen LogP contribution in [0.1, 0.15) is 30.1 Å². The summed E-state index contributed by atoms with van der Waals surface area (Å²) < 4.78 is 6.77. The number of aromatic nitrogens is 3. The molecule has 31 heavy (non-hydrogen) atoms. The number of H-pyrrole nitrogens is 1. The molecular weight excluding hydrogens is 400 g/mol. The van der Waals surface area contributed by atoms with Crippen LogP contribution in [0.25, 0.3) is 11.0 Å². The van der Waals surface area contributed by atoms with E-state index >= 15 is 0 Å². The molecule has 3 aromatic rings. The minimum Gasteiger partial charge on any atom is -0.495 e. The van der Waals surface area contributed by atoms with E-state index in [1.54, 1.807) is 31.3 Å². The van der Waals surface area contributed by atoms with Gasteiger partial charge in [-0.1, -0.05) is 0 Å². The fourth-order valence-electron chi connectivity index (χ4n) is 3.30. The van der Waals surface area contributed by atoms with E-state index in [9.17, 15) is 14.4 Å². The summed E-state index contributed by atoms with van der Waals surface area (Å²) in [6.45, 7) is 2.36. The first-order valence-electron chi connectivity index (χ1n) is 10.0. The molecule has 0 atom stereocenters. The molecule has 1 saturated carbocycles. The molecule has 4 rings (SSSR count). The maximum Gasteiger partial charge on any atom is 0.277 e. The van der Waals surface area contributed by atoms with E-state index in [-0.39, 0.29) is 23.3 Å². The van der Waals surface area contributed by atoms with Gasteiger partial charge in [0.1, 0.15) is 17.0 Å².